The molecule has 0 N–H and O–H groups in total. The Hall–Kier alpha value is -1.19. The molecule has 128 valence electrons. The molecular formula is C20H31FN2. The van der Waals surface area contributed by atoms with E-state index < -0.39 is 0 Å². The van der Waals surface area contributed by atoms with Crippen LogP contribution in [0.5, 0.6) is 0 Å². The molecule has 2 rings (SSSR count). The highest BCUT2D eigenvalue weighted by molar-refractivity contribution is 5.16. The number of piperidine rings is 1. The maximum atomic E-state index is 13.0. The summed E-state index contributed by atoms with van der Waals surface area (Å²) in [6, 6.07) is 6.94. The van der Waals surface area contributed by atoms with Crippen molar-refractivity contribution < 1.29 is 4.39 Å². The van der Waals surface area contributed by atoms with Crippen LogP contribution in [-0.4, -0.2) is 49.6 Å². The fourth-order valence-electron chi connectivity index (χ4n) is 3.46. The molecule has 0 bridgehead atoms. The Bertz CT molecular complexity index is 495. The van der Waals surface area contributed by atoms with E-state index in [2.05, 4.69) is 36.8 Å². The van der Waals surface area contributed by atoms with Crippen LogP contribution < -0.4 is 0 Å². The van der Waals surface area contributed by atoms with E-state index >= 15 is 0 Å². The highest BCUT2D eigenvalue weighted by atomic mass is 19.1. The molecule has 1 atom stereocenters. The fourth-order valence-corrected chi connectivity index (χ4v) is 3.46. The van der Waals surface area contributed by atoms with Gasteiger partial charge in [0.25, 0.3) is 0 Å². The molecule has 1 aromatic carbocycles. The first-order chi connectivity index (χ1) is 11.1. The second kappa shape index (κ2) is 9.19. The van der Waals surface area contributed by atoms with Gasteiger partial charge in [0.2, 0.25) is 0 Å². The lowest BCUT2D eigenvalue weighted by atomic mass is 9.97. The summed E-state index contributed by atoms with van der Waals surface area (Å²) in [5, 5.41) is 0. The summed E-state index contributed by atoms with van der Waals surface area (Å²) in [6.07, 6.45) is 5.85. The normalized spacial score (nSPS) is 20.2. The minimum atomic E-state index is -0.147. The van der Waals surface area contributed by atoms with Gasteiger partial charge in [-0.05, 0) is 70.3 Å². The number of allylic oxidation sites excluding steroid dienone is 1. The zero-order valence-corrected chi connectivity index (χ0v) is 14.9. The molecule has 1 aromatic rings. The van der Waals surface area contributed by atoms with Crippen LogP contribution in [0.15, 0.2) is 35.9 Å². The molecule has 3 heteroatoms. The average molecular weight is 318 g/mol. The van der Waals surface area contributed by atoms with Crippen molar-refractivity contribution in [3.63, 3.8) is 0 Å². The predicted molar refractivity (Wildman–Crippen MR) is 96.2 cm³/mol. The number of halogens is 1. The molecule has 0 aromatic heterocycles. The SMILES string of the molecule is C/C=C(\C)CN(C)CC1CCCN(CCc2ccc(F)cc2)C1. The van der Waals surface area contributed by atoms with Crippen molar-refractivity contribution in [3.05, 3.63) is 47.3 Å². The van der Waals surface area contributed by atoms with Gasteiger partial charge in [-0.1, -0.05) is 23.8 Å². The quantitative estimate of drug-likeness (QED) is 0.702. The van der Waals surface area contributed by atoms with E-state index in [4.69, 9.17) is 0 Å². The number of rotatable bonds is 7. The van der Waals surface area contributed by atoms with Crippen LogP contribution >= 0.6 is 0 Å². The summed E-state index contributed by atoms with van der Waals surface area (Å²) < 4.78 is 13.0. The Morgan fingerprint density at radius 2 is 2.09 bits per heavy atom. The Kier molecular flexibility index (Phi) is 7.25. The molecule has 23 heavy (non-hydrogen) atoms. The highest BCUT2D eigenvalue weighted by Gasteiger charge is 2.20. The summed E-state index contributed by atoms with van der Waals surface area (Å²) >= 11 is 0. The summed E-state index contributed by atoms with van der Waals surface area (Å²) in [6.45, 7) is 10.0. The van der Waals surface area contributed by atoms with Gasteiger partial charge in [0.05, 0.1) is 0 Å². The van der Waals surface area contributed by atoms with Gasteiger partial charge in [0.1, 0.15) is 5.82 Å². The van der Waals surface area contributed by atoms with Crippen molar-refractivity contribution in [2.75, 3.05) is 39.8 Å². The van der Waals surface area contributed by atoms with Crippen molar-refractivity contribution in [2.24, 2.45) is 5.92 Å². The van der Waals surface area contributed by atoms with Gasteiger partial charge < -0.3 is 9.80 Å². The first kappa shape index (κ1) is 18.2. The molecule has 0 saturated carbocycles. The van der Waals surface area contributed by atoms with E-state index in [9.17, 15) is 4.39 Å². The van der Waals surface area contributed by atoms with Crippen LogP contribution in [0, 0.1) is 11.7 Å². The third-order valence-electron chi connectivity index (χ3n) is 4.82. The van der Waals surface area contributed by atoms with Crippen LogP contribution in [0.1, 0.15) is 32.3 Å². The van der Waals surface area contributed by atoms with Gasteiger partial charge >= 0.3 is 0 Å². The fraction of sp³-hybridized carbons (Fsp3) is 0.600. The zero-order valence-electron chi connectivity index (χ0n) is 14.9. The maximum Gasteiger partial charge on any atom is 0.123 e. The van der Waals surface area contributed by atoms with Crippen molar-refractivity contribution in [2.45, 2.75) is 33.1 Å². The van der Waals surface area contributed by atoms with Gasteiger partial charge in [-0.3, -0.25) is 0 Å². The standard InChI is InChI=1S/C20H31FN2/c1-4-17(2)14-22(3)15-19-6-5-12-23(16-19)13-11-18-7-9-20(21)10-8-18/h4,7-10,19H,5-6,11-16H2,1-3H3/b17-4+. The molecule has 1 heterocycles. The predicted octanol–water partition coefficient (Wildman–Crippen LogP) is 3.98. The lowest BCUT2D eigenvalue weighted by Gasteiger charge is -2.35. The van der Waals surface area contributed by atoms with Crippen LogP contribution in [-0.2, 0) is 6.42 Å². The Morgan fingerprint density at radius 1 is 1.35 bits per heavy atom. The molecule has 0 aliphatic carbocycles. The van der Waals surface area contributed by atoms with E-state index in [0.29, 0.717) is 0 Å². The lowest BCUT2D eigenvalue weighted by Crippen LogP contribution is -2.41. The second-order valence-corrected chi connectivity index (χ2v) is 7.02. The largest absolute Gasteiger partial charge is 0.303 e. The smallest absolute Gasteiger partial charge is 0.123 e. The van der Waals surface area contributed by atoms with Gasteiger partial charge in [0, 0.05) is 26.2 Å². The van der Waals surface area contributed by atoms with Crippen molar-refractivity contribution in [1.29, 1.82) is 0 Å². The molecule has 1 unspecified atom stereocenters. The number of likely N-dealkylation sites (tertiary alicyclic amines) is 1. The van der Waals surface area contributed by atoms with E-state index in [1.54, 1.807) is 12.1 Å². The van der Waals surface area contributed by atoms with Gasteiger partial charge in [-0.25, -0.2) is 4.39 Å². The van der Waals surface area contributed by atoms with Crippen molar-refractivity contribution in [3.8, 4) is 0 Å². The maximum absolute atomic E-state index is 13.0. The zero-order chi connectivity index (χ0) is 16.7. The minimum absolute atomic E-state index is 0.147. The van der Waals surface area contributed by atoms with E-state index in [1.165, 1.54) is 43.6 Å². The van der Waals surface area contributed by atoms with Gasteiger partial charge in [0.15, 0.2) is 0 Å². The third-order valence-corrected chi connectivity index (χ3v) is 4.82. The minimum Gasteiger partial charge on any atom is -0.303 e. The Balaban J connectivity index is 1.75. The number of likely N-dealkylation sites (N-methyl/N-ethyl adjacent to an activating group) is 1. The topological polar surface area (TPSA) is 6.48 Å². The summed E-state index contributed by atoms with van der Waals surface area (Å²) in [5.41, 5.74) is 2.67. The van der Waals surface area contributed by atoms with Crippen LogP contribution in [0.3, 0.4) is 0 Å². The van der Waals surface area contributed by atoms with Crippen molar-refractivity contribution in [1.82, 2.24) is 9.80 Å². The molecule has 0 spiro atoms. The number of nitrogens with zero attached hydrogens (tertiary/aromatic N) is 2. The van der Waals surface area contributed by atoms with E-state index in [0.717, 1.165) is 25.4 Å². The summed E-state index contributed by atoms with van der Waals surface area (Å²) in [4.78, 5) is 5.03. The molecule has 1 saturated heterocycles. The molecular weight excluding hydrogens is 287 g/mol. The number of hydrogen-bond acceptors (Lipinski definition) is 2. The molecule has 1 aliphatic heterocycles. The summed E-state index contributed by atoms with van der Waals surface area (Å²) in [5.74, 6) is 0.623. The van der Waals surface area contributed by atoms with Crippen LogP contribution in [0.2, 0.25) is 0 Å². The van der Waals surface area contributed by atoms with Crippen LogP contribution in [0.25, 0.3) is 0 Å². The summed E-state index contributed by atoms with van der Waals surface area (Å²) in [7, 11) is 2.23. The Morgan fingerprint density at radius 3 is 2.78 bits per heavy atom. The lowest BCUT2D eigenvalue weighted by molar-refractivity contribution is 0.148. The molecule has 0 amide bonds. The first-order valence-electron chi connectivity index (χ1n) is 8.84. The first-order valence-corrected chi connectivity index (χ1v) is 8.84. The van der Waals surface area contributed by atoms with E-state index in [1.807, 2.05) is 12.1 Å². The van der Waals surface area contributed by atoms with Crippen molar-refractivity contribution >= 4 is 0 Å². The molecule has 1 aliphatic rings. The second-order valence-electron chi connectivity index (χ2n) is 7.02. The van der Waals surface area contributed by atoms with Gasteiger partial charge in [-0.15, -0.1) is 0 Å². The Labute approximate surface area is 141 Å². The number of benzene rings is 1. The molecule has 2 nitrogen and oxygen atoms in total. The van der Waals surface area contributed by atoms with Crippen LogP contribution in [0.4, 0.5) is 4.39 Å². The number of hydrogen-bond donors (Lipinski definition) is 0. The monoisotopic (exact) mass is 318 g/mol. The average Bonchev–Trinajstić information content (AvgIpc) is 2.54. The molecule has 1 fully saturated rings. The highest BCUT2D eigenvalue weighted by Crippen LogP contribution is 2.18. The van der Waals surface area contributed by atoms with E-state index in [-0.39, 0.29) is 5.82 Å². The third kappa shape index (κ3) is 6.44. The van der Waals surface area contributed by atoms with Gasteiger partial charge in [-0.2, -0.15) is 0 Å². The molecule has 0 radical (unpaired) electrons.